The number of carbonyl (C=O) groups is 1. The Hall–Kier alpha value is -2.30. The molecule has 0 saturated heterocycles. The van der Waals surface area contributed by atoms with Gasteiger partial charge in [0.2, 0.25) is 0 Å². The van der Waals surface area contributed by atoms with Crippen LogP contribution in [-0.2, 0) is 4.79 Å². The van der Waals surface area contributed by atoms with Crippen molar-refractivity contribution in [2.75, 3.05) is 0 Å². The minimum absolute atomic E-state index is 0.369. The monoisotopic (exact) mass is 570 g/mol. The summed E-state index contributed by atoms with van der Waals surface area (Å²) in [5.41, 5.74) is 0. The molecule has 0 spiro atoms. The quantitative estimate of drug-likeness (QED) is 0.213. The van der Waals surface area contributed by atoms with Gasteiger partial charge in [-0.25, -0.2) is 0 Å². The fourth-order valence-corrected chi connectivity index (χ4v) is 26.9. The molecule has 0 amide bonds. The van der Waals surface area contributed by atoms with Gasteiger partial charge in [0.05, 0.1) is 0 Å². The van der Waals surface area contributed by atoms with Crippen molar-refractivity contribution in [2.24, 2.45) is 5.92 Å². The van der Waals surface area contributed by atoms with Crippen LogP contribution in [0.3, 0.4) is 0 Å². The molecule has 1 nitrogen and oxygen atoms in total. The van der Waals surface area contributed by atoms with E-state index in [0.29, 0.717) is 21.4 Å². The summed E-state index contributed by atoms with van der Waals surface area (Å²) < 4.78 is 4.83. The first-order chi connectivity index (χ1) is 16.8. The van der Waals surface area contributed by atoms with Crippen molar-refractivity contribution < 1.29 is 4.79 Å². The van der Waals surface area contributed by atoms with E-state index in [1.54, 1.807) is 0 Å². The molecule has 0 aliphatic heterocycles. The zero-order valence-electron chi connectivity index (χ0n) is 19.3. The zero-order chi connectivity index (χ0) is 23.2. The van der Waals surface area contributed by atoms with Gasteiger partial charge in [0.15, 0.2) is 0 Å². The summed E-state index contributed by atoms with van der Waals surface area (Å²) in [5, 5.41) is 0. The summed E-state index contributed by atoms with van der Waals surface area (Å²) in [4.78, 5) is 14.1. The van der Waals surface area contributed by atoms with Crippen molar-refractivity contribution in [3.05, 3.63) is 121 Å². The van der Waals surface area contributed by atoms with E-state index in [1.807, 2.05) is 11.8 Å². The number of Topliss-reactive ketones (excluding diaryl/α,β-unsaturated/α-hetero) is 1. The van der Waals surface area contributed by atoms with Crippen molar-refractivity contribution in [3.8, 4) is 0 Å². The molecule has 5 rings (SSSR count). The van der Waals surface area contributed by atoms with Crippen LogP contribution in [-0.4, -0.2) is 27.4 Å². The van der Waals surface area contributed by atoms with E-state index in [-0.39, 0.29) is 0 Å². The van der Waals surface area contributed by atoms with Gasteiger partial charge in [-0.3, -0.25) is 0 Å². The molecule has 0 heterocycles. The second kappa shape index (κ2) is 11.0. The number of benzene rings is 4. The number of ketones is 1. The van der Waals surface area contributed by atoms with Gasteiger partial charge in [-0.1, -0.05) is 0 Å². The van der Waals surface area contributed by atoms with E-state index >= 15 is 0 Å². The van der Waals surface area contributed by atoms with Crippen molar-refractivity contribution >= 4 is 46.7 Å². The number of hydrogen-bond acceptors (Lipinski definition) is 2. The minimum atomic E-state index is -3.64. The normalized spacial score (nSPS) is 17.3. The Morgan fingerprint density at radius 1 is 0.647 bits per heavy atom. The third-order valence-corrected chi connectivity index (χ3v) is 26.1. The molecule has 4 aromatic rings. The third kappa shape index (κ3) is 4.76. The molecule has 0 radical (unpaired) electrons. The molecular formula is C31H30OSSn. The summed E-state index contributed by atoms with van der Waals surface area (Å²) in [5.74, 6) is 0.812. The van der Waals surface area contributed by atoms with Gasteiger partial charge in [0.1, 0.15) is 0 Å². The van der Waals surface area contributed by atoms with E-state index in [9.17, 15) is 4.79 Å². The Balaban J connectivity index is 1.80. The van der Waals surface area contributed by atoms with E-state index in [4.69, 9.17) is 0 Å². The Bertz CT molecular complexity index is 1100. The van der Waals surface area contributed by atoms with Crippen molar-refractivity contribution in [1.29, 1.82) is 0 Å². The van der Waals surface area contributed by atoms with Gasteiger partial charge in [-0.05, 0) is 0 Å². The molecule has 2 unspecified atom stereocenters. The first-order valence-electron chi connectivity index (χ1n) is 12.2. The maximum absolute atomic E-state index is 12.8. The molecule has 2 atom stereocenters. The summed E-state index contributed by atoms with van der Waals surface area (Å²) in [6.45, 7) is 0. The molecular weight excluding hydrogens is 539 g/mol. The fourth-order valence-electron chi connectivity index (χ4n) is 5.60. The predicted octanol–water partition coefficient (Wildman–Crippen LogP) is 5.62. The van der Waals surface area contributed by atoms with E-state index in [2.05, 4.69) is 121 Å². The number of rotatable bonds is 7. The first-order valence-corrected chi connectivity index (χ1v) is 19.0. The van der Waals surface area contributed by atoms with Gasteiger partial charge in [0.25, 0.3) is 0 Å². The van der Waals surface area contributed by atoms with Crippen molar-refractivity contribution in [2.45, 2.75) is 33.8 Å². The van der Waals surface area contributed by atoms with Gasteiger partial charge < -0.3 is 0 Å². The molecule has 1 aliphatic carbocycles. The Kier molecular flexibility index (Phi) is 7.56. The van der Waals surface area contributed by atoms with Gasteiger partial charge >= 0.3 is 213 Å². The fraction of sp³-hybridized carbons (Fsp3) is 0.194. The summed E-state index contributed by atoms with van der Waals surface area (Å²) in [7, 11) is 0. The number of hydrogen-bond donors (Lipinski definition) is 0. The summed E-state index contributed by atoms with van der Waals surface area (Å²) in [6.07, 6.45) is 3.58. The molecule has 170 valence electrons. The summed E-state index contributed by atoms with van der Waals surface area (Å²) in [6, 6.07) is 44.6. The van der Waals surface area contributed by atoms with Crippen LogP contribution < -0.4 is 10.7 Å². The van der Waals surface area contributed by atoms with Gasteiger partial charge in [-0.2, -0.15) is 0 Å². The van der Waals surface area contributed by atoms with E-state index < -0.39 is 18.4 Å². The zero-order valence-corrected chi connectivity index (χ0v) is 23.0. The average molecular weight is 569 g/mol. The van der Waals surface area contributed by atoms with Gasteiger partial charge in [0, 0.05) is 0 Å². The molecule has 4 aromatic carbocycles. The second-order valence-electron chi connectivity index (χ2n) is 9.15. The molecule has 1 fully saturated rings. The van der Waals surface area contributed by atoms with E-state index in [0.717, 1.165) is 19.3 Å². The van der Waals surface area contributed by atoms with Gasteiger partial charge in [-0.15, -0.1) is 0 Å². The topological polar surface area (TPSA) is 17.1 Å². The van der Waals surface area contributed by atoms with Crippen LogP contribution in [0.5, 0.6) is 0 Å². The molecule has 0 aromatic heterocycles. The Labute approximate surface area is 211 Å². The van der Waals surface area contributed by atoms with E-state index in [1.165, 1.54) is 15.6 Å². The summed E-state index contributed by atoms with van der Waals surface area (Å²) >= 11 is -1.61. The molecule has 1 saturated carbocycles. The SMILES string of the molecule is O=C1CCCC([CH](Sc2ccccc2)[Sn]([c]2ccccc2)([c]2ccccc2)[c]2ccccc2)C1. The molecule has 1 aliphatic rings. The first kappa shape index (κ1) is 23.4. The predicted molar refractivity (Wildman–Crippen MR) is 147 cm³/mol. The Morgan fingerprint density at radius 2 is 1.09 bits per heavy atom. The van der Waals surface area contributed by atoms with Crippen LogP contribution in [0.25, 0.3) is 0 Å². The van der Waals surface area contributed by atoms with Crippen molar-refractivity contribution in [1.82, 2.24) is 0 Å². The van der Waals surface area contributed by atoms with Crippen LogP contribution >= 0.6 is 11.8 Å². The average Bonchev–Trinajstić information content (AvgIpc) is 2.91. The van der Waals surface area contributed by atoms with Crippen LogP contribution in [0, 0.1) is 5.92 Å². The van der Waals surface area contributed by atoms with Crippen LogP contribution in [0.4, 0.5) is 0 Å². The van der Waals surface area contributed by atoms with Crippen molar-refractivity contribution in [3.63, 3.8) is 0 Å². The van der Waals surface area contributed by atoms with Crippen LogP contribution in [0.1, 0.15) is 25.7 Å². The Morgan fingerprint density at radius 3 is 1.53 bits per heavy atom. The standard InChI is InChI=1S/C13H15OS.3C6H5.Sn/c14-12-6-4-5-11(9-12)10-15-13-7-2-1-3-8-13;3*1-2-4-6-5-3-1;/h1-3,7-8,10-11H,4-6,9H2;3*1-5H;. The molecule has 3 heteroatoms. The van der Waals surface area contributed by atoms with Crippen LogP contribution in [0.15, 0.2) is 126 Å². The molecule has 34 heavy (non-hydrogen) atoms. The molecule has 0 N–H and O–H groups in total. The number of carbonyl (C=O) groups excluding carboxylic acids is 1. The molecule has 0 bridgehead atoms. The van der Waals surface area contributed by atoms with Crippen LogP contribution in [0.2, 0.25) is 0 Å². The number of thioether (sulfide) groups is 1. The maximum atomic E-state index is 12.8. The second-order valence-corrected chi connectivity index (χ2v) is 22.9. The third-order valence-electron chi connectivity index (χ3n) is 7.07.